The van der Waals surface area contributed by atoms with Gasteiger partial charge in [0.25, 0.3) is 5.91 Å². The van der Waals surface area contributed by atoms with Crippen molar-refractivity contribution in [2.45, 2.75) is 11.8 Å². The number of halogens is 1. The number of hydrogen-bond acceptors (Lipinski definition) is 7. The number of carbonyl (C=O) groups excluding carboxylic acids is 2. The van der Waals surface area contributed by atoms with Crippen molar-refractivity contribution >= 4 is 51.0 Å². The van der Waals surface area contributed by atoms with Crippen LogP contribution in [-0.2, 0) is 19.7 Å². The Balaban J connectivity index is 1.87. The van der Waals surface area contributed by atoms with Crippen molar-refractivity contribution in [3.05, 3.63) is 82.9 Å². The lowest BCUT2D eigenvalue weighted by Gasteiger charge is -2.14. The molecule has 0 aliphatic rings. The molecule has 0 saturated heterocycles. The van der Waals surface area contributed by atoms with E-state index in [1.54, 1.807) is 30.3 Å². The molecule has 0 fully saturated rings. The van der Waals surface area contributed by atoms with Gasteiger partial charge in [0, 0.05) is 18.3 Å². The summed E-state index contributed by atoms with van der Waals surface area (Å²) >= 11 is 6.30. The first-order chi connectivity index (χ1) is 17.1. The van der Waals surface area contributed by atoms with E-state index in [-0.39, 0.29) is 32.9 Å². The molecule has 0 bridgehead atoms. The number of rotatable bonds is 8. The Kier molecular flexibility index (Phi) is 8.32. The number of nitrogens with zero attached hydrogens (tertiary/aromatic N) is 1. The molecule has 2 amide bonds. The maximum Gasteiger partial charge on any atom is 0.339 e. The van der Waals surface area contributed by atoms with Crippen LogP contribution in [0.1, 0.15) is 12.5 Å². The van der Waals surface area contributed by atoms with E-state index in [9.17, 15) is 23.3 Å². The number of benzene rings is 3. The fourth-order valence-corrected chi connectivity index (χ4v) is 4.27. The smallest absolute Gasteiger partial charge is 0.339 e. The van der Waals surface area contributed by atoms with Gasteiger partial charge in [-0.25, -0.2) is 0 Å². The number of nitrogens with one attached hydrogen (secondary N) is 2. The number of methoxy groups -OCH3 is 1. The number of ether oxygens (including phenoxy) is 1. The molecule has 184 valence electrons. The zero-order chi connectivity index (χ0) is 26.3. The summed E-state index contributed by atoms with van der Waals surface area (Å²) in [5, 5.41) is 14.5. The van der Waals surface area contributed by atoms with Gasteiger partial charge in [-0.05, 0) is 60.2 Å². The molecule has 0 spiro atoms. The molecule has 3 aromatic carbocycles. The van der Waals surface area contributed by atoms with E-state index in [4.69, 9.17) is 20.5 Å². The van der Waals surface area contributed by atoms with Gasteiger partial charge in [-0.15, -0.1) is 0 Å². The first-order valence-electron chi connectivity index (χ1n) is 10.3. The predicted octanol–water partition coefficient (Wildman–Crippen LogP) is 4.62. The summed E-state index contributed by atoms with van der Waals surface area (Å²) in [6.07, 6.45) is 1.28. The van der Waals surface area contributed by atoms with Crippen molar-refractivity contribution in [1.29, 1.82) is 5.26 Å². The summed E-state index contributed by atoms with van der Waals surface area (Å²) in [5.74, 6) is -1.24. The minimum Gasteiger partial charge on any atom is -0.493 e. The molecule has 0 radical (unpaired) electrons. The summed E-state index contributed by atoms with van der Waals surface area (Å²) in [5.41, 5.74) is 1.02. The highest BCUT2D eigenvalue weighted by atomic mass is 35.5. The highest BCUT2D eigenvalue weighted by Gasteiger charge is 2.22. The topological polar surface area (TPSA) is 135 Å². The van der Waals surface area contributed by atoms with E-state index < -0.39 is 16.0 Å². The van der Waals surface area contributed by atoms with Crippen LogP contribution in [0.3, 0.4) is 0 Å². The molecule has 0 aliphatic carbocycles. The third kappa shape index (κ3) is 6.63. The van der Waals surface area contributed by atoms with Crippen LogP contribution >= 0.6 is 11.6 Å². The number of carbonyl (C=O) groups is 2. The third-order valence-corrected chi connectivity index (χ3v) is 6.13. The highest BCUT2D eigenvalue weighted by Crippen LogP contribution is 2.39. The van der Waals surface area contributed by atoms with Gasteiger partial charge in [0.05, 0.1) is 12.1 Å². The van der Waals surface area contributed by atoms with Crippen molar-refractivity contribution in [3.8, 4) is 17.6 Å². The fourth-order valence-electron chi connectivity index (χ4n) is 3.01. The van der Waals surface area contributed by atoms with E-state index >= 15 is 0 Å². The molecule has 3 rings (SSSR count). The van der Waals surface area contributed by atoms with Crippen LogP contribution < -0.4 is 19.6 Å². The summed E-state index contributed by atoms with van der Waals surface area (Å²) in [6, 6.07) is 18.5. The molecule has 0 aromatic heterocycles. The normalized spacial score (nSPS) is 11.2. The maximum absolute atomic E-state index is 12.8. The van der Waals surface area contributed by atoms with Crippen molar-refractivity contribution in [2.24, 2.45) is 0 Å². The molecular formula is C25H20ClN3O6S. The number of amides is 2. The number of anilines is 2. The highest BCUT2D eigenvalue weighted by molar-refractivity contribution is 7.87. The first-order valence-corrected chi connectivity index (χ1v) is 12.1. The summed E-state index contributed by atoms with van der Waals surface area (Å²) in [7, 11) is -3.03. The lowest BCUT2D eigenvalue weighted by molar-refractivity contribution is -0.114. The molecule has 0 unspecified atom stereocenters. The van der Waals surface area contributed by atoms with Crippen LogP contribution in [0.15, 0.2) is 77.2 Å². The molecule has 0 aliphatic heterocycles. The zero-order valence-electron chi connectivity index (χ0n) is 19.1. The minimum absolute atomic E-state index is 0.0343. The average molecular weight is 526 g/mol. The van der Waals surface area contributed by atoms with E-state index in [2.05, 4.69) is 10.6 Å². The van der Waals surface area contributed by atoms with Gasteiger partial charge in [0.1, 0.15) is 16.5 Å². The van der Waals surface area contributed by atoms with Crippen molar-refractivity contribution in [3.63, 3.8) is 0 Å². The molecule has 11 heteroatoms. The predicted molar refractivity (Wildman–Crippen MR) is 135 cm³/mol. The second-order valence-corrected chi connectivity index (χ2v) is 9.22. The number of para-hydroxylation sites is 1. The van der Waals surface area contributed by atoms with Gasteiger partial charge in [-0.2, -0.15) is 13.7 Å². The first kappa shape index (κ1) is 26.3. The Hall–Kier alpha value is -4.33. The Labute approximate surface area is 213 Å². The molecule has 9 nitrogen and oxygen atoms in total. The van der Waals surface area contributed by atoms with Crippen LogP contribution in [-0.4, -0.2) is 27.3 Å². The Morgan fingerprint density at radius 2 is 1.64 bits per heavy atom. The molecule has 0 saturated carbocycles. The van der Waals surface area contributed by atoms with Gasteiger partial charge in [0.15, 0.2) is 5.75 Å². The third-order valence-electron chi connectivity index (χ3n) is 4.62. The van der Waals surface area contributed by atoms with Crippen LogP contribution in [0, 0.1) is 11.3 Å². The molecule has 2 N–H and O–H groups in total. The molecule has 0 atom stereocenters. The molecule has 36 heavy (non-hydrogen) atoms. The van der Waals surface area contributed by atoms with E-state index in [1.165, 1.54) is 56.5 Å². The SMILES string of the molecule is COc1cc(/C=C(\C#N)C(=O)Nc2ccccc2)cc(Cl)c1OS(=O)(=O)c1ccc(NC(C)=O)cc1. The van der Waals surface area contributed by atoms with Crippen molar-refractivity contribution < 1.29 is 26.9 Å². The second-order valence-electron chi connectivity index (χ2n) is 7.27. The molecule has 3 aromatic rings. The van der Waals surface area contributed by atoms with Crippen LogP contribution in [0.5, 0.6) is 11.5 Å². The van der Waals surface area contributed by atoms with E-state index in [1.807, 2.05) is 6.07 Å². The van der Waals surface area contributed by atoms with Gasteiger partial charge in [-0.3, -0.25) is 9.59 Å². The lowest BCUT2D eigenvalue weighted by atomic mass is 10.1. The van der Waals surface area contributed by atoms with Crippen LogP contribution in [0.4, 0.5) is 11.4 Å². The Bertz CT molecular complexity index is 1460. The van der Waals surface area contributed by atoms with E-state index in [0.717, 1.165) is 0 Å². The van der Waals surface area contributed by atoms with E-state index in [0.29, 0.717) is 16.9 Å². The number of nitriles is 1. The van der Waals surface area contributed by atoms with Gasteiger partial charge in [-0.1, -0.05) is 29.8 Å². The lowest BCUT2D eigenvalue weighted by Crippen LogP contribution is -2.13. The Morgan fingerprint density at radius 3 is 2.22 bits per heavy atom. The standard InChI is InChI=1S/C25H20ClN3O6S/c1-16(30)28-20-8-10-21(11-9-20)36(32,33)35-24-22(26)13-17(14-23(24)34-2)12-18(15-27)25(31)29-19-6-4-3-5-7-19/h3-14H,1-2H3,(H,28,30)(H,29,31)/b18-12+. The fraction of sp³-hybridized carbons (Fsp3) is 0.0800. The maximum atomic E-state index is 12.8. The monoisotopic (exact) mass is 525 g/mol. The minimum atomic E-state index is -4.31. The average Bonchev–Trinajstić information content (AvgIpc) is 2.84. The van der Waals surface area contributed by atoms with Gasteiger partial charge >= 0.3 is 10.1 Å². The largest absolute Gasteiger partial charge is 0.493 e. The van der Waals surface area contributed by atoms with Gasteiger partial charge in [0.2, 0.25) is 11.7 Å². The zero-order valence-corrected chi connectivity index (χ0v) is 20.7. The van der Waals surface area contributed by atoms with Crippen molar-refractivity contribution in [1.82, 2.24) is 0 Å². The van der Waals surface area contributed by atoms with Crippen molar-refractivity contribution in [2.75, 3.05) is 17.7 Å². The molecule has 0 heterocycles. The summed E-state index contributed by atoms with van der Waals surface area (Å²) < 4.78 is 36.1. The van der Waals surface area contributed by atoms with Crippen LogP contribution in [0.25, 0.3) is 6.08 Å². The van der Waals surface area contributed by atoms with Crippen LogP contribution in [0.2, 0.25) is 5.02 Å². The quantitative estimate of drug-likeness (QED) is 0.249. The van der Waals surface area contributed by atoms with Gasteiger partial charge < -0.3 is 19.6 Å². The number of hydrogen-bond donors (Lipinski definition) is 2. The Morgan fingerprint density at radius 1 is 1.00 bits per heavy atom. The second kappa shape index (κ2) is 11.4. The molecular weight excluding hydrogens is 506 g/mol. The summed E-state index contributed by atoms with van der Waals surface area (Å²) in [4.78, 5) is 23.5. The summed E-state index contributed by atoms with van der Waals surface area (Å²) in [6.45, 7) is 1.33.